The molecule has 122 valence electrons. The minimum absolute atomic E-state index is 0.00979. The van der Waals surface area contributed by atoms with E-state index in [-0.39, 0.29) is 36.1 Å². The van der Waals surface area contributed by atoms with Gasteiger partial charge in [0.15, 0.2) is 5.69 Å². The van der Waals surface area contributed by atoms with Gasteiger partial charge in [0, 0.05) is 32.6 Å². The summed E-state index contributed by atoms with van der Waals surface area (Å²) in [6.45, 7) is 4.97. The van der Waals surface area contributed by atoms with Crippen LogP contribution in [0.25, 0.3) is 0 Å². The molecule has 0 spiro atoms. The Morgan fingerprint density at radius 3 is 2.68 bits per heavy atom. The Morgan fingerprint density at radius 1 is 1.50 bits per heavy atom. The molecule has 0 bridgehead atoms. The quantitative estimate of drug-likeness (QED) is 0.435. The first-order chi connectivity index (χ1) is 10.3. The molecule has 0 aliphatic carbocycles. The number of carbonyl (C=O) groups excluding carboxylic acids is 1. The van der Waals surface area contributed by atoms with Crippen molar-refractivity contribution in [3.05, 3.63) is 42.1 Å². The predicted octanol–water partition coefficient (Wildman–Crippen LogP) is -0.597. The van der Waals surface area contributed by atoms with E-state index in [9.17, 15) is 18.4 Å². The summed E-state index contributed by atoms with van der Waals surface area (Å²) < 4.78 is 26.3. The predicted molar refractivity (Wildman–Crippen MR) is 79.9 cm³/mol. The smallest absolute Gasteiger partial charge is 0.249 e. The molecule has 0 heterocycles. The van der Waals surface area contributed by atoms with Gasteiger partial charge in [-0.1, -0.05) is 18.2 Å². The molecule has 0 saturated carbocycles. The van der Waals surface area contributed by atoms with Gasteiger partial charge < -0.3 is 10.5 Å². The third-order valence-corrected chi connectivity index (χ3v) is 4.73. The number of amides is 1. The van der Waals surface area contributed by atoms with Gasteiger partial charge in [-0.2, -0.15) is 9.53 Å². The molecule has 1 atom stereocenters. The van der Waals surface area contributed by atoms with Crippen molar-refractivity contribution in [1.29, 1.82) is 0 Å². The number of carbonyl (C=O) groups is 1. The first-order valence-electron chi connectivity index (χ1n) is 6.48. The Balaban J connectivity index is 3.11. The van der Waals surface area contributed by atoms with Crippen LogP contribution in [-0.2, 0) is 14.8 Å². The van der Waals surface area contributed by atoms with Gasteiger partial charge in [-0.05, 0) is 6.07 Å². The average molecular weight is 329 g/mol. The molecule has 1 aromatic rings. The van der Waals surface area contributed by atoms with Gasteiger partial charge in [0.2, 0.25) is 15.9 Å². The average Bonchev–Trinajstić information content (AvgIpc) is 2.46. The van der Waals surface area contributed by atoms with Gasteiger partial charge in [-0.25, -0.2) is 13.6 Å². The SMILES string of the molecule is C=CCN(CCNC(C)=O)S(=O)(=O)c1ccccc1[NH+]([O-])O. The van der Waals surface area contributed by atoms with Crippen LogP contribution in [0.2, 0.25) is 0 Å². The van der Waals surface area contributed by atoms with E-state index in [4.69, 9.17) is 5.21 Å². The third kappa shape index (κ3) is 4.61. The number of hydrogen-bond acceptors (Lipinski definition) is 5. The van der Waals surface area contributed by atoms with Crippen LogP contribution >= 0.6 is 0 Å². The molecule has 22 heavy (non-hydrogen) atoms. The van der Waals surface area contributed by atoms with E-state index < -0.39 is 15.2 Å². The van der Waals surface area contributed by atoms with Crippen LogP contribution in [0.1, 0.15) is 6.92 Å². The summed E-state index contributed by atoms with van der Waals surface area (Å²) in [4.78, 5) is 10.6. The van der Waals surface area contributed by atoms with Crippen LogP contribution in [-0.4, -0.2) is 43.5 Å². The summed E-state index contributed by atoms with van der Waals surface area (Å²) in [5, 5.41) is 21.5. The monoisotopic (exact) mass is 329 g/mol. The normalized spacial score (nSPS) is 12.9. The van der Waals surface area contributed by atoms with E-state index in [1.54, 1.807) is 0 Å². The van der Waals surface area contributed by atoms with Crippen LogP contribution in [0, 0.1) is 5.21 Å². The fraction of sp³-hybridized carbons (Fsp3) is 0.308. The maximum Gasteiger partial charge on any atom is 0.249 e. The lowest BCUT2D eigenvalue weighted by molar-refractivity contribution is -0.992. The second kappa shape index (κ2) is 8.01. The van der Waals surface area contributed by atoms with E-state index in [1.807, 2.05) is 0 Å². The van der Waals surface area contributed by atoms with Crippen molar-refractivity contribution in [2.24, 2.45) is 0 Å². The van der Waals surface area contributed by atoms with Crippen molar-refractivity contribution in [2.75, 3.05) is 19.6 Å². The number of quaternary nitrogens is 1. The fourth-order valence-electron chi connectivity index (χ4n) is 1.82. The molecule has 0 saturated heterocycles. The Labute approximate surface area is 129 Å². The van der Waals surface area contributed by atoms with Crippen LogP contribution in [0.15, 0.2) is 41.8 Å². The van der Waals surface area contributed by atoms with Crippen molar-refractivity contribution >= 4 is 21.6 Å². The fourth-order valence-corrected chi connectivity index (χ4v) is 3.41. The van der Waals surface area contributed by atoms with E-state index in [0.717, 1.165) is 4.31 Å². The standard InChI is InChI=1S/C13H19N3O5S/c1-3-9-15(10-8-14-11(2)17)22(20,21)13-7-5-4-6-12(13)16(18)19/h3-7,16,18H,1,8-10H2,2H3,(H,14,17). The number of nitrogens with one attached hydrogen (secondary N) is 2. The zero-order chi connectivity index (χ0) is 16.8. The summed E-state index contributed by atoms with van der Waals surface area (Å²) in [5.41, 5.74) is -0.295. The molecular formula is C13H19N3O5S. The highest BCUT2D eigenvalue weighted by atomic mass is 32.2. The molecule has 0 aliphatic heterocycles. The van der Waals surface area contributed by atoms with Crippen LogP contribution in [0.4, 0.5) is 5.69 Å². The summed E-state index contributed by atoms with van der Waals surface area (Å²) in [6, 6.07) is 5.39. The summed E-state index contributed by atoms with van der Waals surface area (Å²) in [6.07, 6.45) is 1.40. The second-order valence-corrected chi connectivity index (χ2v) is 6.34. The first kappa shape index (κ1) is 18.3. The highest BCUT2D eigenvalue weighted by Crippen LogP contribution is 2.21. The van der Waals surface area contributed by atoms with Crippen molar-refractivity contribution < 1.29 is 23.6 Å². The lowest BCUT2D eigenvalue weighted by atomic mass is 10.3. The summed E-state index contributed by atoms with van der Waals surface area (Å²) in [7, 11) is -4.01. The molecule has 1 unspecified atom stereocenters. The van der Waals surface area contributed by atoms with Crippen molar-refractivity contribution in [1.82, 2.24) is 9.62 Å². The number of nitrogens with zero attached hydrogens (tertiary/aromatic N) is 1. The zero-order valence-electron chi connectivity index (χ0n) is 12.2. The van der Waals surface area contributed by atoms with Crippen molar-refractivity contribution in [3.8, 4) is 0 Å². The summed E-state index contributed by atoms with van der Waals surface area (Å²) >= 11 is 0. The molecular weight excluding hydrogens is 310 g/mol. The summed E-state index contributed by atoms with van der Waals surface area (Å²) in [5.74, 6) is -0.276. The molecule has 1 rings (SSSR count). The van der Waals surface area contributed by atoms with Gasteiger partial charge in [-0.3, -0.25) is 4.79 Å². The van der Waals surface area contributed by atoms with Gasteiger partial charge >= 0.3 is 0 Å². The Morgan fingerprint density at radius 2 is 2.14 bits per heavy atom. The van der Waals surface area contributed by atoms with Crippen molar-refractivity contribution in [3.63, 3.8) is 0 Å². The Kier molecular flexibility index (Phi) is 6.65. The van der Waals surface area contributed by atoms with Gasteiger partial charge in [0.05, 0.1) is 0 Å². The minimum atomic E-state index is -4.01. The van der Waals surface area contributed by atoms with Crippen molar-refractivity contribution in [2.45, 2.75) is 11.8 Å². The van der Waals surface area contributed by atoms with Gasteiger partial charge in [-0.15, -0.1) is 6.58 Å². The number of benzene rings is 1. The Bertz CT molecular complexity index is 630. The molecule has 0 radical (unpaired) electrons. The molecule has 9 heteroatoms. The second-order valence-electron chi connectivity index (χ2n) is 4.44. The highest BCUT2D eigenvalue weighted by Gasteiger charge is 2.28. The molecule has 0 fully saturated rings. The molecule has 1 aromatic carbocycles. The zero-order valence-corrected chi connectivity index (χ0v) is 13.0. The molecule has 1 amide bonds. The van der Waals surface area contributed by atoms with Gasteiger partial charge in [0.25, 0.3) is 0 Å². The van der Waals surface area contributed by atoms with Crippen LogP contribution in [0.5, 0.6) is 0 Å². The molecule has 0 aliphatic rings. The lowest BCUT2D eigenvalue weighted by Gasteiger charge is -2.23. The Hall–Kier alpha value is -1.78. The maximum atomic E-state index is 12.6. The third-order valence-electron chi connectivity index (χ3n) is 2.80. The van der Waals surface area contributed by atoms with Gasteiger partial charge in [0.1, 0.15) is 4.90 Å². The lowest BCUT2D eigenvalue weighted by Crippen LogP contribution is -2.99. The molecule has 3 N–H and O–H groups in total. The number of sulfonamides is 1. The van der Waals surface area contributed by atoms with E-state index in [1.165, 1.54) is 37.3 Å². The van der Waals surface area contributed by atoms with E-state index >= 15 is 0 Å². The number of rotatable bonds is 8. The largest absolute Gasteiger partial charge is 0.595 e. The van der Waals surface area contributed by atoms with Crippen LogP contribution < -0.4 is 10.5 Å². The molecule has 0 aromatic heterocycles. The molecule has 8 nitrogen and oxygen atoms in total. The number of hydrogen-bond donors (Lipinski definition) is 3. The maximum absolute atomic E-state index is 12.6. The topological polar surface area (TPSA) is 114 Å². The first-order valence-corrected chi connectivity index (χ1v) is 7.92. The highest BCUT2D eigenvalue weighted by molar-refractivity contribution is 7.89. The number of para-hydroxylation sites is 1. The van der Waals surface area contributed by atoms with E-state index in [0.29, 0.717) is 0 Å². The van der Waals surface area contributed by atoms with E-state index in [2.05, 4.69) is 11.9 Å². The minimum Gasteiger partial charge on any atom is -0.595 e. The van der Waals surface area contributed by atoms with Crippen LogP contribution in [0.3, 0.4) is 0 Å².